The number of rotatable bonds is 4. The van der Waals surface area contributed by atoms with Crippen LogP contribution < -0.4 is 10.6 Å². The van der Waals surface area contributed by atoms with Crippen LogP contribution >= 0.6 is 24.0 Å². The van der Waals surface area contributed by atoms with Crippen molar-refractivity contribution in [2.24, 2.45) is 4.99 Å². The summed E-state index contributed by atoms with van der Waals surface area (Å²) >= 11 is 0. The van der Waals surface area contributed by atoms with E-state index in [1.807, 2.05) is 17.9 Å². The Hall–Kier alpha value is -1.35. The zero-order valence-electron chi connectivity index (χ0n) is 15.8. The highest BCUT2D eigenvalue weighted by Gasteiger charge is 2.41. The molecule has 27 heavy (non-hydrogen) atoms. The molecule has 3 aliphatic rings. The molecule has 0 aliphatic carbocycles. The molecule has 0 radical (unpaired) electrons. The maximum absolute atomic E-state index is 12.6. The van der Waals surface area contributed by atoms with Crippen LogP contribution in [0, 0.1) is 0 Å². The van der Waals surface area contributed by atoms with Gasteiger partial charge in [-0.1, -0.05) is 24.3 Å². The molecule has 2 saturated heterocycles. The number of hydrogen-bond acceptors (Lipinski definition) is 3. The number of amides is 1. The number of nitrogens with zero attached hydrogens (tertiary/aromatic N) is 2. The fourth-order valence-electron chi connectivity index (χ4n) is 4.24. The molecular formula is C20H29IN4O2. The second-order valence-electron chi connectivity index (χ2n) is 7.39. The smallest absolute Gasteiger partial charge is 0.244 e. The first kappa shape index (κ1) is 20.4. The third-order valence-electron chi connectivity index (χ3n) is 5.63. The molecule has 2 fully saturated rings. The summed E-state index contributed by atoms with van der Waals surface area (Å²) in [5.41, 5.74) is 2.60. The van der Waals surface area contributed by atoms with E-state index < -0.39 is 0 Å². The number of guanidine groups is 1. The standard InChI is InChI=1S/C20H28N4O2.HI/c1-2-21-20(23-17-11-16-7-8-18(17)26-16)22-12-19(25)24-10-9-14-5-3-4-6-15(14)13-24;/h3-6,16-18H,2,7-13H2,1H3,(H2,21,22,23);1H. The average molecular weight is 484 g/mol. The zero-order chi connectivity index (χ0) is 17.9. The van der Waals surface area contributed by atoms with Crippen LogP contribution in [0.5, 0.6) is 0 Å². The molecule has 2 N–H and O–H groups in total. The molecule has 3 atom stereocenters. The first-order valence-corrected chi connectivity index (χ1v) is 9.78. The van der Waals surface area contributed by atoms with Crippen LogP contribution in [0.1, 0.15) is 37.3 Å². The molecular weight excluding hydrogens is 455 g/mol. The fraction of sp³-hybridized carbons (Fsp3) is 0.600. The Labute approximate surface area is 178 Å². The summed E-state index contributed by atoms with van der Waals surface area (Å²) in [6, 6.07) is 8.67. The predicted octanol–water partition coefficient (Wildman–Crippen LogP) is 2.06. The summed E-state index contributed by atoms with van der Waals surface area (Å²) in [5, 5.41) is 6.72. The van der Waals surface area contributed by atoms with E-state index in [1.165, 1.54) is 17.5 Å². The van der Waals surface area contributed by atoms with Crippen molar-refractivity contribution in [1.82, 2.24) is 15.5 Å². The quantitative estimate of drug-likeness (QED) is 0.390. The second-order valence-corrected chi connectivity index (χ2v) is 7.39. The van der Waals surface area contributed by atoms with Crippen LogP contribution in [0.15, 0.2) is 29.3 Å². The lowest BCUT2D eigenvalue weighted by molar-refractivity contribution is -0.130. The summed E-state index contributed by atoms with van der Waals surface area (Å²) in [7, 11) is 0. The topological polar surface area (TPSA) is 66.0 Å². The third kappa shape index (κ3) is 4.74. The summed E-state index contributed by atoms with van der Waals surface area (Å²) in [6.45, 7) is 4.46. The van der Waals surface area contributed by atoms with E-state index in [-0.39, 0.29) is 42.5 Å². The summed E-state index contributed by atoms with van der Waals surface area (Å²) < 4.78 is 5.90. The molecule has 3 heterocycles. The summed E-state index contributed by atoms with van der Waals surface area (Å²) in [4.78, 5) is 19.1. The largest absolute Gasteiger partial charge is 0.373 e. The SMILES string of the molecule is CCNC(=NCC(=O)N1CCc2ccccc2C1)NC1CC2CCC1O2.I. The second kappa shape index (κ2) is 9.23. The van der Waals surface area contributed by atoms with Gasteiger partial charge in [0.15, 0.2) is 5.96 Å². The van der Waals surface area contributed by atoms with Crippen molar-refractivity contribution in [3.8, 4) is 0 Å². The Morgan fingerprint density at radius 1 is 1.30 bits per heavy atom. The minimum atomic E-state index is 0. The highest BCUT2D eigenvalue weighted by atomic mass is 127. The van der Waals surface area contributed by atoms with Gasteiger partial charge in [-0.15, -0.1) is 24.0 Å². The van der Waals surface area contributed by atoms with Crippen molar-refractivity contribution >= 4 is 35.8 Å². The maximum Gasteiger partial charge on any atom is 0.244 e. The number of benzene rings is 1. The lowest BCUT2D eigenvalue weighted by atomic mass is 9.96. The fourth-order valence-corrected chi connectivity index (χ4v) is 4.24. The Morgan fingerprint density at radius 2 is 2.11 bits per heavy atom. The van der Waals surface area contributed by atoms with Gasteiger partial charge in [-0.05, 0) is 43.7 Å². The minimum absolute atomic E-state index is 0. The highest BCUT2D eigenvalue weighted by molar-refractivity contribution is 14.0. The van der Waals surface area contributed by atoms with Crippen LogP contribution in [0.25, 0.3) is 0 Å². The molecule has 0 saturated carbocycles. The van der Waals surface area contributed by atoms with Crippen molar-refractivity contribution in [1.29, 1.82) is 0 Å². The number of carbonyl (C=O) groups excluding carboxylic acids is 1. The van der Waals surface area contributed by atoms with Gasteiger partial charge in [0.1, 0.15) is 6.54 Å². The molecule has 0 aromatic heterocycles. The highest BCUT2D eigenvalue weighted by Crippen LogP contribution is 2.34. The van der Waals surface area contributed by atoms with E-state index in [1.54, 1.807) is 0 Å². The van der Waals surface area contributed by atoms with Gasteiger partial charge in [0.05, 0.1) is 18.2 Å². The molecule has 1 aromatic rings. The number of ether oxygens (including phenoxy) is 1. The Kier molecular flexibility index (Phi) is 6.97. The van der Waals surface area contributed by atoms with Crippen molar-refractivity contribution in [2.75, 3.05) is 19.6 Å². The number of fused-ring (bicyclic) bond motifs is 3. The average Bonchev–Trinajstić information content (AvgIpc) is 3.29. The van der Waals surface area contributed by atoms with Crippen molar-refractivity contribution < 1.29 is 9.53 Å². The van der Waals surface area contributed by atoms with E-state index in [0.29, 0.717) is 18.7 Å². The Morgan fingerprint density at radius 3 is 2.81 bits per heavy atom. The van der Waals surface area contributed by atoms with Gasteiger partial charge >= 0.3 is 0 Å². The molecule has 0 spiro atoms. The number of nitrogens with one attached hydrogen (secondary N) is 2. The van der Waals surface area contributed by atoms with Crippen molar-refractivity contribution in [3.63, 3.8) is 0 Å². The summed E-state index contributed by atoms with van der Waals surface area (Å²) in [6.07, 6.45) is 4.94. The van der Waals surface area contributed by atoms with E-state index in [2.05, 4.69) is 33.8 Å². The van der Waals surface area contributed by atoms with E-state index in [9.17, 15) is 4.79 Å². The van der Waals surface area contributed by atoms with Crippen LogP contribution in [-0.4, -0.2) is 54.7 Å². The van der Waals surface area contributed by atoms with Gasteiger partial charge < -0.3 is 20.3 Å². The van der Waals surface area contributed by atoms with Gasteiger partial charge in [0.25, 0.3) is 0 Å². The lowest BCUT2D eigenvalue weighted by Gasteiger charge is -2.28. The molecule has 2 bridgehead atoms. The minimum Gasteiger partial charge on any atom is -0.373 e. The number of aliphatic imine (C=N–C) groups is 1. The number of hydrogen-bond donors (Lipinski definition) is 2. The lowest BCUT2D eigenvalue weighted by Crippen LogP contribution is -2.48. The molecule has 1 aromatic carbocycles. The van der Waals surface area contributed by atoms with Gasteiger partial charge in [-0.25, -0.2) is 4.99 Å². The number of carbonyl (C=O) groups is 1. The zero-order valence-corrected chi connectivity index (χ0v) is 18.1. The number of halogens is 1. The maximum atomic E-state index is 12.6. The van der Waals surface area contributed by atoms with Crippen LogP contribution in [0.2, 0.25) is 0 Å². The van der Waals surface area contributed by atoms with Crippen molar-refractivity contribution in [3.05, 3.63) is 35.4 Å². The Balaban J connectivity index is 0.00000210. The van der Waals surface area contributed by atoms with Gasteiger partial charge in [0, 0.05) is 19.6 Å². The van der Waals surface area contributed by atoms with Crippen LogP contribution in [0.4, 0.5) is 0 Å². The first-order valence-electron chi connectivity index (χ1n) is 9.78. The van der Waals surface area contributed by atoms with Gasteiger partial charge in [-0.2, -0.15) is 0 Å². The Bertz CT molecular complexity index is 696. The first-order chi connectivity index (χ1) is 12.7. The molecule has 1 amide bonds. The van der Waals surface area contributed by atoms with E-state index >= 15 is 0 Å². The van der Waals surface area contributed by atoms with Crippen LogP contribution in [0.3, 0.4) is 0 Å². The summed E-state index contributed by atoms with van der Waals surface area (Å²) in [5.74, 6) is 0.806. The van der Waals surface area contributed by atoms with E-state index in [0.717, 1.165) is 38.3 Å². The van der Waals surface area contributed by atoms with E-state index in [4.69, 9.17) is 4.74 Å². The van der Waals surface area contributed by atoms with Gasteiger partial charge in [-0.3, -0.25) is 4.79 Å². The molecule has 7 heteroatoms. The molecule has 6 nitrogen and oxygen atoms in total. The predicted molar refractivity (Wildman–Crippen MR) is 116 cm³/mol. The molecule has 3 unspecified atom stereocenters. The molecule has 3 aliphatic heterocycles. The third-order valence-corrected chi connectivity index (χ3v) is 5.63. The van der Waals surface area contributed by atoms with Crippen molar-refractivity contribution in [2.45, 2.75) is 57.4 Å². The monoisotopic (exact) mass is 484 g/mol. The van der Waals surface area contributed by atoms with Crippen LogP contribution in [-0.2, 0) is 22.5 Å². The molecule has 148 valence electrons. The normalized spacial score (nSPS) is 26.3. The van der Waals surface area contributed by atoms with Gasteiger partial charge in [0.2, 0.25) is 5.91 Å². The molecule has 4 rings (SSSR count).